The third-order valence-corrected chi connectivity index (χ3v) is 6.50. The average molecular weight is 366 g/mol. The van der Waals surface area contributed by atoms with Crippen LogP contribution in [0, 0.1) is 5.92 Å². The van der Waals surface area contributed by atoms with Crippen molar-refractivity contribution >= 4 is 27.3 Å². The van der Waals surface area contributed by atoms with Crippen LogP contribution in [0.2, 0.25) is 0 Å². The quantitative estimate of drug-likeness (QED) is 0.832. The first-order chi connectivity index (χ1) is 11.9. The first kappa shape index (κ1) is 17.9. The van der Waals surface area contributed by atoms with Crippen molar-refractivity contribution < 1.29 is 22.7 Å². The van der Waals surface area contributed by atoms with Crippen LogP contribution in [-0.4, -0.2) is 56.3 Å². The number of para-hydroxylation sites is 1. The third kappa shape index (κ3) is 4.01. The van der Waals surface area contributed by atoms with Crippen molar-refractivity contribution in [2.45, 2.75) is 25.5 Å². The number of benzene rings is 1. The summed E-state index contributed by atoms with van der Waals surface area (Å²) in [6.45, 7) is 0.656. The number of hydrogen-bond donors (Lipinski definition) is 1. The average Bonchev–Trinajstić information content (AvgIpc) is 3.12. The maximum absolute atomic E-state index is 12.6. The molecule has 2 aliphatic heterocycles. The van der Waals surface area contributed by atoms with Crippen molar-refractivity contribution in [3.8, 4) is 0 Å². The van der Waals surface area contributed by atoms with Gasteiger partial charge in [0.25, 0.3) is 0 Å². The lowest BCUT2D eigenvalue weighted by Crippen LogP contribution is -2.38. The van der Waals surface area contributed by atoms with Gasteiger partial charge in [-0.3, -0.25) is 9.59 Å². The molecule has 0 spiro atoms. The highest BCUT2D eigenvalue weighted by molar-refractivity contribution is 7.91. The Morgan fingerprint density at radius 2 is 2.12 bits per heavy atom. The van der Waals surface area contributed by atoms with Crippen LogP contribution < -0.4 is 5.32 Å². The molecule has 2 saturated heterocycles. The highest BCUT2D eigenvalue weighted by atomic mass is 32.2. The van der Waals surface area contributed by atoms with E-state index < -0.39 is 15.8 Å². The number of nitrogens with one attached hydrogen (secondary N) is 1. The number of methoxy groups -OCH3 is 1. The second-order valence-corrected chi connectivity index (χ2v) is 8.81. The van der Waals surface area contributed by atoms with Crippen LogP contribution in [0.25, 0.3) is 0 Å². The van der Waals surface area contributed by atoms with E-state index in [0.29, 0.717) is 18.7 Å². The van der Waals surface area contributed by atoms with Gasteiger partial charge in [0.15, 0.2) is 9.84 Å². The van der Waals surface area contributed by atoms with Gasteiger partial charge in [0.05, 0.1) is 24.0 Å². The van der Waals surface area contributed by atoms with Crippen molar-refractivity contribution in [2.24, 2.45) is 5.92 Å². The highest BCUT2D eigenvalue weighted by Gasteiger charge is 2.41. The second kappa shape index (κ2) is 7.13. The molecule has 2 atom stereocenters. The van der Waals surface area contributed by atoms with Crippen LogP contribution in [-0.2, 0) is 30.8 Å². The van der Waals surface area contributed by atoms with Crippen molar-refractivity contribution in [1.29, 1.82) is 0 Å². The van der Waals surface area contributed by atoms with E-state index in [1.165, 1.54) is 0 Å². The monoisotopic (exact) mass is 366 g/mol. The minimum atomic E-state index is -3.06. The zero-order valence-electron chi connectivity index (χ0n) is 14.1. The van der Waals surface area contributed by atoms with Gasteiger partial charge in [-0.1, -0.05) is 18.2 Å². The maximum atomic E-state index is 12.6. The summed E-state index contributed by atoms with van der Waals surface area (Å²) in [7, 11) is -1.48. The van der Waals surface area contributed by atoms with Gasteiger partial charge in [0.2, 0.25) is 11.8 Å². The number of likely N-dealkylation sites (tertiary alicyclic amines) is 1. The molecule has 1 N–H and O–H groups in total. The number of ether oxygens (including phenoxy) is 1. The standard InChI is InChI=1S/C17H22N2O5S/c1-24-10-12-4-2-3-5-15(12)18-17(21)13-8-16(20)19(9-13)14-6-7-25(22,23)11-14/h2-5,13-14H,6-11H2,1H3,(H,18,21)/t13-,14+/m1/s1. The molecule has 2 fully saturated rings. The van der Waals surface area contributed by atoms with E-state index in [-0.39, 0.29) is 42.3 Å². The summed E-state index contributed by atoms with van der Waals surface area (Å²) < 4.78 is 28.4. The first-order valence-electron chi connectivity index (χ1n) is 8.27. The molecule has 0 aromatic heterocycles. The molecule has 0 unspecified atom stereocenters. The molecule has 0 bridgehead atoms. The van der Waals surface area contributed by atoms with Gasteiger partial charge in [-0.15, -0.1) is 0 Å². The van der Waals surface area contributed by atoms with E-state index in [9.17, 15) is 18.0 Å². The van der Waals surface area contributed by atoms with Gasteiger partial charge >= 0.3 is 0 Å². The van der Waals surface area contributed by atoms with Gasteiger partial charge in [0.1, 0.15) is 0 Å². The minimum absolute atomic E-state index is 0.00372. The zero-order chi connectivity index (χ0) is 18.0. The third-order valence-electron chi connectivity index (χ3n) is 4.75. The maximum Gasteiger partial charge on any atom is 0.229 e. The van der Waals surface area contributed by atoms with Gasteiger partial charge in [-0.05, 0) is 12.5 Å². The minimum Gasteiger partial charge on any atom is -0.380 e. The molecule has 8 heteroatoms. The number of amides is 2. The smallest absolute Gasteiger partial charge is 0.229 e. The van der Waals surface area contributed by atoms with E-state index in [0.717, 1.165) is 5.56 Å². The Morgan fingerprint density at radius 1 is 1.36 bits per heavy atom. The SMILES string of the molecule is COCc1ccccc1NC(=O)[C@@H]1CC(=O)N([C@H]2CCS(=O)(=O)C2)C1. The molecule has 0 saturated carbocycles. The Bertz CT molecular complexity index is 777. The molecule has 7 nitrogen and oxygen atoms in total. The number of rotatable bonds is 5. The second-order valence-electron chi connectivity index (χ2n) is 6.58. The molecule has 2 aliphatic rings. The number of hydrogen-bond acceptors (Lipinski definition) is 5. The van der Waals surface area contributed by atoms with Gasteiger partial charge in [-0.25, -0.2) is 8.42 Å². The molecule has 0 radical (unpaired) electrons. The predicted octanol–water partition coefficient (Wildman–Crippen LogP) is 0.807. The Hall–Kier alpha value is -1.93. The normalized spacial score (nSPS) is 25.3. The molecule has 136 valence electrons. The fourth-order valence-corrected chi connectivity index (χ4v) is 5.17. The van der Waals surface area contributed by atoms with Crippen molar-refractivity contribution in [1.82, 2.24) is 4.90 Å². The lowest BCUT2D eigenvalue weighted by atomic mass is 10.1. The summed E-state index contributed by atoms with van der Waals surface area (Å²) in [5.74, 6) is -0.717. The number of carbonyl (C=O) groups excluding carboxylic acids is 2. The summed E-state index contributed by atoms with van der Waals surface area (Å²) in [5, 5.41) is 2.87. The Kier molecular flexibility index (Phi) is 5.10. The largest absolute Gasteiger partial charge is 0.380 e. The van der Waals surface area contributed by atoms with Crippen LogP contribution in [0.3, 0.4) is 0 Å². The number of anilines is 1. The Balaban J connectivity index is 1.65. The van der Waals surface area contributed by atoms with Crippen molar-refractivity contribution in [3.63, 3.8) is 0 Å². The summed E-state index contributed by atoms with van der Waals surface area (Å²) in [5.41, 5.74) is 1.53. The van der Waals surface area contributed by atoms with E-state index >= 15 is 0 Å². The van der Waals surface area contributed by atoms with E-state index in [1.807, 2.05) is 18.2 Å². The number of carbonyl (C=O) groups is 2. The summed E-state index contributed by atoms with van der Waals surface area (Å²) in [4.78, 5) is 26.4. The topological polar surface area (TPSA) is 92.8 Å². The molecule has 2 heterocycles. The zero-order valence-corrected chi connectivity index (χ0v) is 14.9. The first-order valence-corrected chi connectivity index (χ1v) is 10.1. The van der Waals surface area contributed by atoms with Gasteiger partial charge in [0, 0.05) is 37.4 Å². The molecule has 25 heavy (non-hydrogen) atoms. The van der Waals surface area contributed by atoms with Crippen LogP contribution in [0.5, 0.6) is 0 Å². The predicted molar refractivity (Wildman–Crippen MR) is 92.7 cm³/mol. The molecule has 2 amide bonds. The fourth-order valence-electron chi connectivity index (χ4n) is 3.44. The van der Waals surface area contributed by atoms with E-state index in [4.69, 9.17) is 4.74 Å². The van der Waals surface area contributed by atoms with Crippen LogP contribution in [0.15, 0.2) is 24.3 Å². The van der Waals surface area contributed by atoms with Crippen molar-refractivity contribution in [3.05, 3.63) is 29.8 Å². The van der Waals surface area contributed by atoms with Crippen LogP contribution in [0.4, 0.5) is 5.69 Å². The molecule has 1 aromatic rings. The summed E-state index contributed by atoms with van der Waals surface area (Å²) >= 11 is 0. The Morgan fingerprint density at radius 3 is 2.80 bits per heavy atom. The molecule has 1 aromatic carbocycles. The lowest BCUT2D eigenvalue weighted by Gasteiger charge is -2.23. The van der Waals surface area contributed by atoms with E-state index in [2.05, 4.69) is 5.32 Å². The molecule has 0 aliphatic carbocycles. The Labute approximate surface area is 147 Å². The highest BCUT2D eigenvalue weighted by Crippen LogP contribution is 2.27. The summed E-state index contributed by atoms with van der Waals surface area (Å²) in [6, 6.07) is 7.06. The molecule has 3 rings (SSSR count). The molecular formula is C17H22N2O5S. The van der Waals surface area contributed by atoms with E-state index in [1.54, 1.807) is 18.1 Å². The van der Waals surface area contributed by atoms with Crippen molar-refractivity contribution in [2.75, 3.05) is 30.5 Å². The number of nitrogens with zero attached hydrogens (tertiary/aromatic N) is 1. The van der Waals surface area contributed by atoms with Gasteiger partial charge < -0.3 is 15.0 Å². The fraction of sp³-hybridized carbons (Fsp3) is 0.529. The summed E-state index contributed by atoms with van der Waals surface area (Å²) in [6.07, 6.45) is 0.577. The van der Waals surface area contributed by atoms with Crippen LogP contribution >= 0.6 is 0 Å². The lowest BCUT2D eigenvalue weighted by molar-refractivity contribution is -0.129. The van der Waals surface area contributed by atoms with Gasteiger partial charge in [-0.2, -0.15) is 0 Å². The van der Waals surface area contributed by atoms with Crippen LogP contribution in [0.1, 0.15) is 18.4 Å². The molecular weight excluding hydrogens is 344 g/mol. The number of sulfone groups is 1.